The van der Waals surface area contributed by atoms with Crippen molar-refractivity contribution in [3.63, 3.8) is 0 Å². The lowest BCUT2D eigenvalue weighted by atomic mass is 9.48. The first kappa shape index (κ1) is 15.1. The van der Waals surface area contributed by atoms with E-state index in [1.165, 1.54) is 31.3 Å². The SMILES string of the molecule is C=C(C)CC[C@@H]1[C@@]2(C)CCC[C@H](C)C2CC[C@@]1(C)O. The van der Waals surface area contributed by atoms with Gasteiger partial charge in [0.2, 0.25) is 0 Å². The monoisotopic (exact) mass is 264 g/mol. The highest BCUT2D eigenvalue weighted by atomic mass is 16.3. The number of hydrogen-bond acceptors (Lipinski definition) is 1. The number of rotatable bonds is 3. The van der Waals surface area contributed by atoms with Gasteiger partial charge in [0.05, 0.1) is 5.60 Å². The van der Waals surface area contributed by atoms with Crippen LogP contribution >= 0.6 is 0 Å². The quantitative estimate of drug-likeness (QED) is 0.715. The van der Waals surface area contributed by atoms with E-state index in [4.69, 9.17) is 0 Å². The molecule has 2 aliphatic rings. The molecule has 0 aromatic carbocycles. The van der Waals surface area contributed by atoms with Crippen LogP contribution in [0.25, 0.3) is 0 Å². The van der Waals surface area contributed by atoms with Gasteiger partial charge >= 0.3 is 0 Å². The standard InChI is InChI=1S/C18H32O/c1-13(2)8-9-16-17(4)11-6-7-14(3)15(17)10-12-18(16,5)19/h14-16,19H,1,6-12H2,2-5H3/t14-,15?,16+,17-,18+/m0/s1. The molecule has 19 heavy (non-hydrogen) atoms. The molecule has 1 N–H and O–H groups in total. The van der Waals surface area contributed by atoms with Crippen LogP contribution in [-0.4, -0.2) is 10.7 Å². The fraction of sp³-hybridized carbons (Fsp3) is 0.889. The molecule has 2 aliphatic carbocycles. The Balaban J connectivity index is 2.24. The van der Waals surface area contributed by atoms with Gasteiger partial charge in [0, 0.05) is 0 Å². The highest BCUT2D eigenvalue weighted by Gasteiger charge is 2.54. The number of aliphatic hydroxyl groups is 1. The summed E-state index contributed by atoms with van der Waals surface area (Å²) >= 11 is 0. The summed E-state index contributed by atoms with van der Waals surface area (Å²) in [7, 11) is 0. The molecule has 0 aromatic heterocycles. The molecule has 0 heterocycles. The predicted molar refractivity (Wildman–Crippen MR) is 82.0 cm³/mol. The first-order chi connectivity index (χ1) is 8.77. The first-order valence-corrected chi connectivity index (χ1v) is 8.14. The summed E-state index contributed by atoms with van der Waals surface area (Å²) in [4.78, 5) is 0. The molecule has 0 bridgehead atoms. The van der Waals surface area contributed by atoms with Crippen molar-refractivity contribution in [2.24, 2.45) is 23.2 Å². The largest absolute Gasteiger partial charge is 0.390 e. The van der Waals surface area contributed by atoms with Crippen molar-refractivity contribution < 1.29 is 5.11 Å². The van der Waals surface area contributed by atoms with Crippen molar-refractivity contribution in [3.8, 4) is 0 Å². The van der Waals surface area contributed by atoms with Crippen LogP contribution in [0.1, 0.15) is 72.6 Å². The van der Waals surface area contributed by atoms with Gasteiger partial charge in [-0.05, 0) is 69.1 Å². The lowest BCUT2D eigenvalue weighted by Gasteiger charge is -2.58. The van der Waals surface area contributed by atoms with Gasteiger partial charge in [0.15, 0.2) is 0 Å². The molecular formula is C18H32O. The van der Waals surface area contributed by atoms with Crippen molar-refractivity contribution in [2.75, 3.05) is 0 Å². The summed E-state index contributed by atoms with van der Waals surface area (Å²) in [6.07, 6.45) is 8.41. The number of hydrogen-bond donors (Lipinski definition) is 1. The Morgan fingerprint density at radius 3 is 2.58 bits per heavy atom. The first-order valence-electron chi connectivity index (χ1n) is 8.14. The minimum Gasteiger partial charge on any atom is -0.390 e. The van der Waals surface area contributed by atoms with Crippen molar-refractivity contribution in [2.45, 2.75) is 78.2 Å². The van der Waals surface area contributed by atoms with E-state index in [0.717, 1.165) is 31.1 Å². The van der Waals surface area contributed by atoms with E-state index in [1.807, 2.05) is 0 Å². The van der Waals surface area contributed by atoms with Crippen LogP contribution in [0.4, 0.5) is 0 Å². The van der Waals surface area contributed by atoms with Gasteiger partial charge in [-0.15, -0.1) is 6.58 Å². The summed E-state index contributed by atoms with van der Waals surface area (Å²) in [6, 6.07) is 0. The van der Waals surface area contributed by atoms with Gasteiger partial charge in [-0.25, -0.2) is 0 Å². The maximum Gasteiger partial charge on any atom is 0.0653 e. The van der Waals surface area contributed by atoms with Gasteiger partial charge in [0.25, 0.3) is 0 Å². The fourth-order valence-electron chi connectivity index (χ4n) is 5.25. The molecule has 2 fully saturated rings. The zero-order valence-corrected chi connectivity index (χ0v) is 13.3. The molecule has 1 nitrogen and oxygen atoms in total. The van der Waals surface area contributed by atoms with Crippen LogP contribution in [0, 0.1) is 23.2 Å². The minimum atomic E-state index is -0.474. The van der Waals surface area contributed by atoms with Crippen LogP contribution in [-0.2, 0) is 0 Å². The molecule has 0 spiro atoms. The summed E-state index contributed by atoms with van der Waals surface area (Å²) in [5, 5.41) is 10.9. The fourth-order valence-corrected chi connectivity index (χ4v) is 5.25. The minimum absolute atomic E-state index is 0.342. The van der Waals surface area contributed by atoms with Gasteiger partial charge in [-0.2, -0.15) is 0 Å². The Kier molecular flexibility index (Phi) is 4.16. The third kappa shape index (κ3) is 2.77. The van der Waals surface area contributed by atoms with Crippen molar-refractivity contribution in [1.82, 2.24) is 0 Å². The highest BCUT2D eigenvalue weighted by molar-refractivity contribution is 5.05. The van der Waals surface area contributed by atoms with E-state index in [-0.39, 0.29) is 0 Å². The molecule has 1 heteroatoms. The molecule has 1 unspecified atom stereocenters. The Labute approximate surface area is 119 Å². The molecule has 0 saturated heterocycles. The normalized spacial score (nSPS) is 46.7. The van der Waals surface area contributed by atoms with Crippen molar-refractivity contribution in [3.05, 3.63) is 12.2 Å². The van der Waals surface area contributed by atoms with Gasteiger partial charge in [-0.1, -0.05) is 32.3 Å². The Hall–Kier alpha value is -0.300. The summed E-state index contributed by atoms with van der Waals surface area (Å²) in [5.74, 6) is 2.09. The molecule has 2 saturated carbocycles. The van der Waals surface area contributed by atoms with Crippen LogP contribution < -0.4 is 0 Å². The topological polar surface area (TPSA) is 20.2 Å². The van der Waals surface area contributed by atoms with E-state index >= 15 is 0 Å². The summed E-state index contributed by atoms with van der Waals surface area (Å²) < 4.78 is 0. The van der Waals surface area contributed by atoms with E-state index < -0.39 is 5.60 Å². The van der Waals surface area contributed by atoms with E-state index in [9.17, 15) is 5.11 Å². The second kappa shape index (κ2) is 5.24. The zero-order valence-electron chi connectivity index (χ0n) is 13.3. The molecule has 0 radical (unpaired) electrons. The molecule has 2 rings (SSSR count). The summed E-state index contributed by atoms with van der Waals surface area (Å²) in [5.41, 5.74) is 1.12. The molecule has 0 amide bonds. The summed E-state index contributed by atoms with van der Waals surface area (Å²) in [6.45, 7) is 13.1. The Morgan fingerprint density at radius 2 is 1.95 bits per heavy atom. The van der Waals surface area contributed by atoms with E-state index in [0.29, 0.717) is 11.3 Å². The van der Waals surface area contributed by atoms with Crippen LogP contribution in [0.15, 0.2) is 12.2 Å². The van der Waals surface area contributed by atoms with Gasteiger partial charge < -0.3 is 5.11 Å². The average Bonchev–Trinajstić information content (AvgIpc) is 2.26. The molecule has 5 atom stereocenters. The van der Waals surface area contributed by atoms with Crippen LogP contribution in [0.3, 0.4) is 0 Å². The molecule has 0 aromatic rings. The Morgan fingerprint density at radius 1 is 1.26 bits per heavy atom. The lowest BCUT2D eigenvalue weighted by molar-refractivity contribution is -0.151. The number of allylic oxidation sites excluding steroid dienone is 1. The van der Waals surface area contributed by atoms with Crippen molar-refractivity contribution >= 4 is 0 Å². The van der Waals surface area contributed by atoms with Crippen molar-refractivity contribution in [1.29, 1.82) is 0 Å². The molecule has 0 aliphatic heterocycles. The lowest BCUT2D eigenvalue weighted by Crippen LogP contribution is -2.55. The van der Waals surface area contributed by atoms with Gasteiger partial charge in [0.1, 0.15) is 0 Å². The third-order valence-corrected chi connectivity index (χ3v) is 6.28. The Bertz CT molecular complexity index is 344. The third-order valence-electron chi connectivity index (χ3n) is 6.28. The second-order valence-electron chi connectivity index (χ2n) is 7.93. The molecule has 110 valence electrons. The van der Waals surface area contributed by atoms with Crippen LogP contribution in [0.2, 0.25) is 0 Å². The maximum atomic E-state index is 10.9. The van der Waals surface area contributed by atoms with Crippen LogP contribution in [0.5, 0.6) is 0 Å². The second-order valence-corrected chi connectivity index (χ2v) is 7.93. The highest BCUT2D eigenvalue weighted by Crippen LogP contribution is 2.59. The zero-order chi connectivity index (χ0) is 14.3. The van der Waals surface area contributed by atoms with Gasteiger partial charge in [-0.3, -0.25) is 0 Å². The average molecular weight is 264 g/mol. The predicted octanol–water partition coefficient (Wildman–Crippen LogP) is 4.95. The van der Waals surface area contributed by atoms with E-state index in [1.54, 1.807) is 0 Å². The van der Waals surface area contributed by atoms with E-state index in [2.05, 4.69) is 34.3 Å². The molecular weight excluding hydrogens is 232 g/mol. The smallest absolute Gasteiger partial charge is 0.0653 e. The maximum absolute atomic E-state index is 10.9. The number of fused-ring (bicyclic) bond motifs is 1.